The number of para-hydroxylation sites is 1. The van der Waals surface area contributed by atoms with Gasteiger partial charge in [0.05, 0.1) is 34.4 Å². The van der Waals surface area contributed by atoms with Gasteiger partial charge >= 0.3 is 17.0 Å². The van der Waals surface area contributed by atoms with E-state index in [4.69, 9.17) is 4.74 Å². The number of thioether (sulfide) groups is 1. The Morgan fingerprint density at radius 3 is 2.24 bits per heavy atom. The number of carbonyl (C=O) groups is 4. The fourth-order valence-corrected chi connectivity index (χ4v) is 8.76. The largest absolute Gasteiger partial charge is 0.462 e. The van der Waals surface area contributed by atoms with E-state index in [2.05, 4.69) is 5.32 Å². The minimum atomic E-state index is -4.83. The summed E-state index contributed by atoms with van der Waals surface area (Å²) in [5.74, 6) is -4.70. The molecule has 1 N–H and O–H groups in total. The summed E-state index contributed by atoms with van der Waals surface area (Å²) >= 11 is 1.73. The Morgan fingerprint density at radius 2 is 1.61 bits per heavy atom. The molecule has 2 aliphatic rings. The number of hydrogen-bond donors (Lipinski definition) is 1. The first-order valence-electron chi connectivity index (χ1n) is 15.1. The standard InChI is InChI=1S/C34H29F3N4O6S2/c1-4-47-32(45)19-9-13-20(14-10-19)38-24(42)17-40-31-28(49-33(40)46)25(18-11-15-21(16-12-18)39(2)3)26-27(48-31)30(44)41(29(26)43)23-8-6-5-7-22(23)34(35,36)37/h5-16,25-27H,4,17H2,1-3H3,(H,38,42)/t25-,26?,27?/m1/s1. The van der Waals surface area contributed by atoms with E-state index in [1.54, 1.807) is 19.1 Å². The van der Waals surface area contributed by atoms with Gasteiger partial charge in [0.2, 0.25) is 17.7 Å². The van der Waals surface area contributed by atoms with Gasteiger partial charge in [-0.1, -0.05) is 47.4 Å². The molecule has 6 rings (SSSR count). The van der Waals surface area contributed by atoms with Crippen molar-refractivity contribution in [2.24, 2.45) is 5.92 Å². The maximum Gasteiger partial charge on any atom is 0.418 e. The highest BCUT2D eigenvalue weighted by Gasteiger charge is 2.57. The molecule has 0 radical (unpaired) electrons. The molecule has 1 saturated heterocycles. The molecule has 15 heteroatoms. The van der Waals surface area contributed by atoms with E-state index in [-0.39, 0.29) is 11.6 Å². The SMILES string of the molecule is CCOC(=O)c1ccc(NC(=O)Cn2c3c(sc2=O)[C@H](c2ccc(N(C)C)cc2)C2C(=O)N(c4ccccc4C(F)(F)F)C(=O)C2S3)cc1. The molecular weight excluding hydrogens is 682 g/mol. The summed E-state index contributed by atoms with van der Waals surface area (Å²) in [4.78, 5) is 69.1. The lowest BCUT2D eigenvalue weighted by Gasteiger charge is -2.31. The number of amides is 3. The lowest BCUT2D eigenvalue weighted by atomic mass is 9.83. The van der Waals surface area contributed by atoms with E-state index in [0.717, 1.165) is 40.9 Å². The van der Waals surface area contributed by atoms with Crippen molar-refractivity contribution in [1.82, 2.24) is 4.57 Å². The number of aromatic nitrogens is 1. The molecule has 1 aromatic heterocycles. The molecule has 0 bridgehead atoms. The first-order valence-corrected chi connectivity index (χ1v) is 16.8. The quantitative estimate of drug-likeness (QED) is 0.186. The van der Waals surface area contributed by atoms with Crippen LogP contribution in [0, 0.1) is 5.92 Å². The number of rotatable bonds is 8. The van der Waals surface area contributed by atoms with Crippen LogP contribution in [-0.4, -0.2) is 54.2 Å². The number of imide groups is 1. The average molecular weight is 711 g/mol. The lowest BCUT2D eigenvalue weighted by molar-refractivity contribution is -0.137. The van der Waals surface area contributed by atoms with E-state index in [1.165, 1.54) is 41.0 Å². The Labute approximate surface area is 286 Å². The minimum absolute atomic E-state index is 0.206. The minimum Gasteiger partial charge on any atom is -0.462 e. The molecule has 10 nitrogen and oxygen atoms in total. The van der Waals surface area contributed by atoms with Crippen molar-refractivity contribution in [1.29, 1.82) is 0 Å². The molecule has 3 atom stereocenters. The van der Waals surface area contributed by atoms with Crippen LogP contribution in [0.4, 0.5) is 30.2 Å². The Morgan fingerprint density at radius 1 is 0.939 bits per heavy atom. The molecular formula is C34H29F3N4O6S2. The van der Waals surface area contributed by atoms with Crippen LogP contribution in [0.3, 0.4) is 0 Å². The van der Waals surface area contributed by atoms with Gasteiger partial charge in [0.1, 0.15) is 11.8 Å². The number of carbonyl (C=O) groups excluding carboxylic acids is 4. The van der Waals surface area contributed by atoms with Crippen LogP contribution in [0.1, 0.15) is 39.2 Å². The van der Waals surface area contributed by atoms with Crippen LogP contribution >= 0.6 is 23.1 Å². The number of ether oxygens (including phenoxy) is 1. The first kappa shape index (κ1) is 34.0. The second-order valence-electron chi connectivity index (χ2n) is 11.5. The fraction of sp³-hybridized carbons (Fsp3) is 0.265. The summed E-state index contributed by atoms with van der Waals surface area (Å²) < 4.78 is 48.3. The Balaban J connectivity index is 1.37. The summed E-state index contributed by atoms with van der Waals surface area (Å²) in [6, 6.07) is 17.6. The topological polar surface area (TPSA) is 118 Å². The molecule has 4 aromatic rings. The molecule has 2 unspecified atom stereocenters. The third-order valence-corrected chi connectivity index (χ3v) is 10.9. The fourth-order valence-electron chi connectivity index (χ4n) is 5.99. The van der Waals surface area contributed by atoms with Crippen molar-refractivity contribution < 1.29 is 37.1 Å². The zero-order valence-corrected chi connectivity index (χ0v) is 27.9. The smallest absolute Gasteiger partial charge is 0.418 e. The van der Waals surface area contributed by atoms with Crippen LogP contribution in [0.5, 0.6) is 0 Å². The molecule has 254 valence electrons. The number of nitrogens with one attached hydrogen (secondary N) is 1. The molecule has 0 aliphatic carbocycles. The Kier molecular flexibility index (Phi) is 9.15. The predicted octanol–water partition coefficient (Wildman–Crippen LogP) is 5.61. The molecule has 0 spiro atoms. The molecule has 3 aromatic carbocycles. The lowest BCUT2D eigenvalue weighted by Crippen LogP contribution is -2.33. The van der Waals surface area contributed by atoms with Gasteiger partial charge < -0.3 is 15.0 Å². The summed E-state index contributed by atoms with van der Waals surface area (Å²) in [6.07, 6.45) is -4.83. The summed E-state index contributed by atoms with van der Waals surface area (Å²) in [6.45, 7) is 1.45. The van der Waals surface area contributed by atoms with Crippen LogP contribution in [0.15, 0.2) is 82.6 Å². The number of esters is 1. The van der Waals surface area contributed by atoms with E-state index in [1.807, 2.05) is 31.1 Å². The van der Waals surface area contributed by atoms with E-state index in [9.17, 15) is 37.1 Å². The molecule has 49 heavy (non-hydrogen) atoms. The zero-order valence-electron chi connectivity index (χ0n) is 26.3. The molecule has 3 amide bonds. The van der Waals surface area contributed by atoms with Gasteiger partial charge in [0, 0.05) is 36.3 Å². The number of anilines is 3. The van der Waals surface area contributed by atoms with Crippen LogP contribution in [-0.2, 0) is 31.8 Å². The normalized spacial score (nSPS) is 18.6. The van der Waals surface area contributed by atoms with Crippen LogP contribution in [0.25, 0.3) is 0 Å². The van der Waals surface area contributed by atoms with E-state index >= 15 is 0 Å². The number of thiazole rings is 1. The molecule has 1 fully saturated rings. The van der Waals surface area contributed by atoms with Crippen molar-refractivity contribution in [3.05, 3.63) is 104 Å². The molecule has 3 heterocycles. The van der Waals surface area contributed by atoms with Crippen LogP contribution in [0.2, 0.25) is 0 Å². The highest BCUT2D eigenvalue weighted by atomic mass is 32.2. The van der Waals surface area contributed by atoms with Crippen molar-refractivity contribution in [2.45, 2.75) is 35.8 Å². The monoisotopic (exact) mass is 710 g/mol. The summed E-state index contributed by atoms with van der Waals surface area (Å²) in [7, 11) is 3.70. The Hall–Kier alpha value is -4.89. The van der Waals surface area contributed by atoms with Gasteiger partial charge in [-0.15, -0.1) is 0 Å². The van der Waals surface area contributed by atoms with Crippen molar-refractivity contribution >= 4 is 63.9 Å². The van der Waals surface area contributed by atoms with Crippen molar-refractivity contribution in [3.63, 3.8) is 0 Å². The average Bonchev–Trinajstić information content (AvgIpc) is 3.50. The molecule has 2 aliphatic heterocycles. The highest BCUT2D eigenvalue weighted by molar-refractivity contribution is 8.00. The number of halogens is 3. The van der Waals surface area contributed by atoms with Gasteiger partial charge in [-0.25, -0.2) is 9.69 Å². The van der Waals surface area contributed by atoms with Gasteiger partial charge in [-0.3, -0.25) is 23.7 Å². The molecule has 0 saturated carbocycles. The van der Waals surface area contributed by atoms with E-state index < -0.39 is 69.6 Å². The number of benzene rings is 3. The van der Waals surface area contributed by atoms with E-state index in [0.29, 0.717) is 26.6 Å². The van der Waals surface area contributed by atoms with Gasteiger partial charge in [0.25, 0.3) is 0 Å². The number of nitrogens with zero attached hydrogens (tertiary/aromatic N) is 3. The van der Waals surface area contributed by atoms with Crippen LogP contribution < -0.4 is 20.0 Å². The number of hydrogen-bond acceptors (Lipinski definition) is 9. The van der Waals surface area contributed by atoms with Gasteiger partial charge in [-0.05, 0) is 61.0 Å². The van der Waals surface area contributed by atoms with Crippen molar-refractivity contribution in [3.8, 4) is 0 Å². The second kappa shape index (κ2) is 13.2. The summed E-state index contributed by atoms with van der Waals surface area (Å²) in [5, 5.41) is 1.81. The maximum atomic E-state index is 14.1. The zero-order chi connectivity index (χ0) is 35.2. The van der Waals surface area contributed by atoms with Gasteiger partial charge in [0.15, 0.2) is 0 Å². The first-order chi connectivity index (χ1) is 23.3. The Bertz CT molecular complexity index is 2010. The predicted molar refractivity (Wildman–Crippen MR) is 179 cm³/mol. The van der Waals surface area contributed by atoms with Gasteiger partial charge in [-0.2, -0.15) is 13.2 Å². The highest BCUT2D eigenvalue weighted by Crippen LogP contribution is 2.54. The van der Waals surface area contributed by atoms with Crippen molar-refractivity contribution in [2.75, 3.05) is 35.8 Å². The number of alkyl halides is 3. The summed E-state index contributed by atoms with van der Waals surface area (Å²) in [5.41, 5.74) is 0.409. The maximum absolute atomic E-state index is 14.1. The third kappa shape index (κ3) is 6.35. The second-order valence-corrected chi connectivity index (χ2v) is 13.6. The third-order valence-electron chi connectivity index (χ3n) is 8.25. The number of fused-ring (bicyclic) bond motifs is 2.